The molecule has 0 aliphatic carbocycles. The number of thiophene rings is 1. The molecule has 0 unspecified atom stereocenters. The van der Waals surface area contributed by atoms with E-state index in [-0.39, 0.29) is 0 Å². The van der Waals surface area contributed by atoms with Crippen molar-refractivity contribution in [1.29, 1.82) is 0 Å². The van der Waals surface area contributed by atoms with Crippen LogP contribution in [0.25, 0.3) is 0 Å². The molecule has 1 aromatic heterocycles. The largest absolute Gasteiger partial charge is 0.465 e. The Morgan fingerprint density at radius 3 is 2.38 bits per heavy atom. The van der Waals surface area contributed by atoms with Crippen molar-refractivity contribution in [3.63, 3.8) is 0 Å². The zero-order chi connectivity index (χ0) is 15.6. The molecular formula is C15H14FNO3S. The molecule has 21 heavy (non-hydrogen) atoms. The number of ether oxygens (including phenoxy) is 1. The Morgan fingerprint density at radius 1 is 1.19 bits per heavy atom. The van der Waals surface area contributed by atoms with Gasteiger partial charge in [0.05, 0.1) is 12.7 Å². The molecule has 0 radical (unpaired) electrons. The number of amides is 1. The van der Waals surface area contributed by atoms with E-state index in [2.05, 4.69) is 5.32 Å². The summed E-state index contributed by atoms with van der Waals surface area (Å²) < 4.78 is 17.6. The Morgan fingerprint density at radius 2 is 1.81 bits per heavy atom. The number of halogens is 1. The number of nitrogens with one attached hydrogen (secondary N) is 1. The lowest BCUT2D eigenvalue weighted by Crippen LogP contribution is -2.14. The predicted octanol–water partition coefficient (Wildman–Crippen LogP) is 3.54. The predicted molar refractivity (Wildman–Crippen MR) is 79.5 cm³/mol. The Labute approximate surface area is 125 Å². The van der Waals surface area contributed by atoms with Crippen LogP contribution in [0.5, 0.6) is 0 Å². The number of hydrogen-bond acceptors (Lipinski definition) is 4. The van der Waals surface area contributed by atoms with Gasteiger partial charge in [-0.05, 0) is 43.7 Å². The van der Waals surface area contributed by atoms with E-state index in [0.717, 1.165) is 10.4 Å². The van der Waals surface area contributed by atoms with Gasteiger partial charge in [-0.3, -0.25) is 4.79 Å². The summed E-state index contributed by atoms with van der Waals surface area (Å²) >= 11 is 1.30. The second-order valence-electron chi connectivity index (χ2n) is 4.44. The lowest BCUT2D eigenvalue weighted by Gasteiger charge is -2.06. The highest BCUT2D eigenvalue weighted by atomic mass is 32.1. The molecule has 0 atom stereocenters. The number of rotatable bonds is 3. The number of methoxy groups -OCH3 is 1. The van der Waals surface area contributed by atoms with Gasteiger partial charge in [0.15, 0.2) is 0 Å². The van der Waals surface area contributed by atoms with E-state index in [1.807, 2.05) is 6.92 Å². The van der Waals surface area contributed by atoms with Crippen molar-refractivity contribution in [3.8, 4) is 0 Å². The second-order valence-corrected chi connectivity index (χ2v) is 5.66. The summed E-state index contributed by atoms with van der Waals surface area (Å²) in [4.78, 5) is 24.9. The van der Waals surface area contributed by atoms with Crippen LogP contribution >= 0.6 is 11.3 Å². The van der Waals surface area contributed by atoms with Gasteiger partial charge in [-0.1, -0.05) is 0 Å². The number of aryl methyl sites for hydroxylation is 1. The van der Waals surface area contributed by atoms with E-state index in [1.54, 1.807) is 6.92 Å². The van der Waals surface area contributed by atoms with Crippen molar-refractivity contribution in [2.24, 2.45) is 0 Å². The van der Waals surface area contributed by atoms with E-state index in [4.69, 9.17) is 4.74 Å². The number of carbonyl (C=O) groups excluding carboxylic acids is 2. The first-order chi connectivity index (χ1) is 9.93. The summed E-state index contributed by atoms with van der Waals surface area (Å²) in [5.41, 5.74) is 1.45. The molecule has 0 aliphatic rings. The van der Waals surface area contributed by atoms with Crippen LogP contribution in [0.1, 0.15) is 31.2 Å². The fourth-order valence-electron chi connectivity index (χ4n) is 1.84. The van der Waals surface area contributed by atoms with E-state index in [1.165, 1.54) is 42.7 Å². The van der Waals surface area contributed by atoms with Crippen LogP contribution in [0.4, 0.5) is 9.39 Å². The summed E-state index contributed by atoms with van der Waals surface area (Å²) in [6.07, 6.45) is 0. The molecular weight excluding hydrogens is 293 g/mol. The lowest BCUT2D eigenvalue weighted by atomic mass is 10.1. The average Bonchev–Trinajstić information content (AvgIpc) is 2.73. The van der Waals surface area contributed by atoms with Crippen molar-refractivity contribution in [2.75, 3.05) is 12.4 Å². The maximum Gasteiger partial charge on any atom is 0.341 e. The number of hydrogen-bond donors (Lipinski definition) is 1. The number of esters is 1. The first kappa shape index (κ1) is 15.2. The standard InChI is InChI=1S/C15H14FNO3S/c1-8-9(2)21-14(12(8)15(19)20-3)17-13(18)10-4-6-11(16)7-5-10/h4-7H,1-3H3,(H,17,18). The van der Waals surface area contributed by atoms with E-state index in [0.29, 0.717) is 16.1 Å². The van der Waals surface area contributed by atoms with Crippen LogP contribution in [0.2, 0.25) is 0 Å². The summed E-state index contributed by atoms with van der Waals surface area (Å²) in [6, 6.07) is 5.19. The molecule has 4 nitrogen and oxygen atoms in total. The first-order valence-corrected chi connectivity index (χ1v) is 7.01. The third-order valence-electron chi connectivity index (χ3n) is 3.11. The summed E-state index contributed by atoms with van der Waals surface area (Å²) in [5, 5.41) is 3.12. The number of anilines is 1. The van der Waals surface area contributed by atoms with Crippen molar-refractivity contribution in [1.82, 2.24) is 0 Å². The van der Waals surface area contributed by atoms with Crippen molar-refractivity contribution < 1.29 is 18.7 Å². The number of benzene rings is 1. The zero-order valence-corrected chi connectivity index (χ0v) is 12.6. The molecule has 0 fully saturated rings. The minimum Gasteiger partial charge on any atom is -0.465 e. The smallest absolute Gasteiger partial charge is 0.341 e. The van der Waals surface area contributed by atoms with Crippen LogP contribution in [-0.4, -0.2) is 19.0 Å². The maximum atomic E-state index is 12.9. The molecule has 0 spiro atoms. The normalized spacial score (nSPS) is 10.3. The van der Waals surface area contributed by atoms with Gasteiger partial charge in [0.2, 0.25) is 0 Å². The van der Waals surface area contributed by atoms with Gasteiger partial charge in [0.1, 0.15) is 10.8 Å². The van der Waals surface area contributed by atoms with Gasteiger partial charge in [-0.15, -0.1) is 11.3 Å². The monoisotopic (exact) mass is 307 g/mol. The van der Waals surface area contributed by atoms with Gasteiger partial charge < -0.3 is 10.1 Å². The van der Waals surface area contributed by atoms with Crippen LogP contribution in [0.15, 0.2) is 24.3 Å². The highest BCUT2D eigenvalue weighted by Crippen LogP contribution is 2.33. The second kappa shape index (κ2) is 6.05. The van der Waals surface area contributed by atoms with Crippen LogP contribution in [0.3, 0.4) is 0 Å². The van der Waals surface area contributed by atoms with Crippen LogP contribution in [-0.2, 0) is 4.74 Å². The SMILES string of the molecule is COC(=O)c1c(NC(=O)c2ccc(F)cc2)sc(C)c1C. The molecule has 110 valence electrons. The zero-order valence-electron chi connectivity index (χ0n) is 11.8. The maximum absolute atomic E-state index is 12.9. The summed E-state index contributed by atoms with van der Waals surface area (Å²) in [6.45, 7) is 3.66. The molecule has 1 heterocycles. The van der Waals surface area contributed by atoms with Crippen LogP contribution in [0, 0.1) is 19.7 Å². The molecule has 0 bridgehead atoms. The Kier molecular flexibility index (Phi) is 4.37. The van der Waals surface area contributed by atoms with E-state index >= 15 is 0 Å². The summed E-state index contributed by atoms with van der Waals surface area (Å²) in [5.74, 6) is -1.31. The summed E-state index contributed by atoms with van der Waals surface area (Å²) in [7, 11) is 1.29. The van der Waals surface area contributed by atoms with Gasteiger partial charge in [-0.2, -0.15) is 0 Å². The number of carbonyl (C=O) groups is 2. The molecule has 2 rings (SSSR count). The quantitative estimate of drug-likeness (QED) is 0.882. The minimum absolute atomic E-state index is 0.316. The fourth-order valence-corrected chi connectivity index (χ4v) is 2.88. The first-order valence-electron chi connectivity index (χ1n) is 6.19. The topological polar surface area (TPSA) is 55.4 Å². The Hall–Kier alpha value is -2.21. The highest BCUT2D eigenvalue weighted by Gasteiger charge is 2.21. The molecule has 0 saturated heterocycles. The van der Waals surface area contributed by atoms with E-state index in [9.17, 15) is 14.0 Å². The fraction of sp³-hybridized carbons (Fsp3) is 0.200. The molecule has 1 aromatic carbocycles. The van der Waals surface area contributed by atoms with Crippen molar-refractivity contribution in [3.05, 3.63) is 51.7 Å². The highest BCUT2D eigenvalue weighted by molar-refractivity contribution is 7.16. The van der Waals surface area contributed by atoms with Gasteiger partial charge >= 0.3 is 5.97 Å². The lowest BCUT2D eigenvalue weighted by molar-refractivity contribution is 0.0601. The average molecular weight is 307 g/mol. The molecule has 1 N–H and O–H groups in total. The molecule has 1 amide bonds. The molecule has 2 aromatic rings. The minimum atomic E-state index is -0.494. The van der Waals surface area contributed by atoms with Gasteiger partial charge in [-0.25, -0.2) is 9.18 Å². The Bertz CT molecular complexity index is 692. The van der Waals surface area contributed by atoms with E-state index < -0.39 is 17.7 Å². The van der Waals surface area contributed by atoms with Crippen molar-refractivity contribution in [2.45, 2.75) is 13.8 Å². The molecule has 0 aliphatic heterocycles. The van der Waals surface area contributed by atoms with Crippen LogP contribution < -0.4 is 5.32 Å². The third kappa shape index (κ3) is 3.11. The third-order valence-corrected chi connectivity index (χ3v) is 4.23. The Balaban J connectivity index is 2.31. The van der Waals surface area contributed by atoms with Crippen molar-refractivity contribution >= 4 is 28.2 Å². The molecule has 0 saturated carbocycles. The van der Waals surface area contributed by atoms with Gasteiger partial charge in [0, 0.05) is 10.4 Å². The van der Waals surface area contributed by atoms with Gasteiger partial charge in [0.25, 0.3) is 5.91 Å². The molecule has 6 heteroatoms.